The Labute approximate surface area is 169 Å². The number of aryl methyl sites for hydroxylation is 1. The van der Waals surface area contributed by atoms with Gasteiger partial charge >= 0.3 is 0 Å². The van der Waals surface area contributed by atoms with Crippen molar-refractivity contribution in [3.05, 3.63) is 50.9 Å². The molecule has 0 bridgehead atoms. The van der Waals surface area contributed by atoms with Gasteiger partial charge in [0.2, 0.25) is 5.78 Å². The number of fused-ring (bicyclic) bond motifs is 1. The van der Waals surface area contributed by atoms with Gasteiger partial charge in [0, 0.05) is 25.2 Å². The molecule has 2 aromatic rings. The van der Waals surface area contributed by atoms with Crippen molar-refractivity contribution >= 4 is 23.2 Å². The summed E-state index contributed by atoms with van der Waals surface area (Å²) in [5.41, 5.74) is 2.23. The second-order valence-corrected chi connectivity index (χ2v) is 7.71. The number of carbonyl (C=O) groups is 1. The first-order chi connectivity index (χ1) is 13.5. The topological polar surface area (TPSA) is 69.4 Å². The zero-order valence-electron chi connectivity index (χ0n) is 16.4. The molecule has 0 unspecified atom stereocenters. The van der Waals surface area contributed by atoms with E-state index in [9.17, 15) is 9.90 Å². The summed E-state index contributed by atoms with van der Waals surface area (Å²) >= 11 is 1.56. The van der Waals surface area contributed by atoms with Crippen molar-refractivity contribution in [1.29, 1.82) is 0 Å². The van der Waals surface area contributed by atoms with Crippen LogP contribution in [0.5, 0.6) is 11.5 Å². The van der Waals surface area contributed by atoms with Gasteiger partial charge < -0.3 is 24.2 Å². The number of thiophene rings is 1. The van der Waals surface area contributed by atoms with E-state index in [2.05, 4.69) is 0 Å². The molecule has 0 fully saturated rings. The second-order valence-electron chi connectivity index (χ2n) is 6.76. The molecule has 0 saturated carbocycles. The molecular weight excluding hydrogens is 378 g/mol. The Bertz CT molecular complexity index is 866. The molecule has 0 atom stereocenters. The van der Waals surface area contributed by atoms with E-state index in [1.165, 1.54) is 4.90 Å². The standard InChI is InChI=1S/C21H25NO5S/c1-14-6-11-28-19(14)12-18-20(24)15-4-5-17(23)16(21(15)27-18)13-22(7-9-25-2)8-10-26-3/h4-6,11-12,23H,7-10,13H2,1-3H3/p+1/b18-12+. The van der Waals surface area contributed by atoms with Crippen LogP contribution in [0.2, 0.25) is 0 Å². The number of hydrogen-bond acceptors (Lipinski definition) is 6. The van der Waals surface area contributed by atoms with Crippen LogP contribution in [0.15, 0.2) is 29.3 Å². The fraction of sp³-hybridized carbons (Fsp3) is 0.381. The number of nitrogens with one attached hydrogen (secondary N) is 1. The van der Waals surface area contributed by atoms with Crippen LogP contribution in [0.4, 0.5) is 0 Å². The lowest BCUT2D eigenvalue weighted by atomic mass is 10.0. The van der Waals surface area contributed by atoms with Gasteiger partial charge in [-0.15, -0.1) is 11.3 Å². The maximum atomic E-state index is 12.8. The molecule has 28 heavy (non-hydrogen) atoms. The predicted octanol–water partition coefficient (Wildman–Crippen LogP) is 2.06. The van der Waals surface area contributed by atoms with Gasteiger partial charge in [-0.2, -0.15) is 0 Å². The van der Waals surface area contributed by atoms with Crippen molar-refractivity contribution in [3.8, 4) is 11.5 Å². The number of allylic oxidation sites excluding steroid dienone is 1. The molecule has 0 aliphatic carbocycles. The van der Waals surface area contributed by atoms with Gasteiger partial charge in [-0.25, -0.2) is 0 Å². The van der Waals surface area contributed by atoms with Gasteiger partial charge in [0.15, 0.2) is 11.5 Å². The highest BCUT2D eigenvalue weighted by Gasteiger charge is 2.32. The Morgan fingerprint density at radius 2 is 1.89 bits per heavy atom. The number of phenols is 1. The predicted molar refractivity (Wildman–Crippen MR) is 108 cm³/mol. The van der Waals surface area contributed by atoms with Crippen LogP contribution >= 0.6 is 11.3 Å². The Balaban J connectivity index is 1.89. The summed E-state index contributed by atoms with van der Waals surface area (Å²) < 4.78 is 16.4. The lowest BCUT2D eigenvalue weighted by Crippen LogP contribution is -3.11. The summed E-state index contributed by atoms with van der Waals surface area (Å²) in [6.45, 7) is 5.22. The number of carbonyl (C=O) groups excluding carboxylic acids is 1. The fourth-order valence-electron chi connectivity index (χ4n) is 3.16. The third-order valence-corrected chi connectivity index (χ3v) is 5.79. The smallest absolute Gasteiger partial charge is 0.232 e. The van der Waals surface area contributed by atoms with Crippen molar-refractivity contribution < 1.29 is 29.0 Å². The molecule has 2 heterocycles. The number of quaternary nitrogens is 1. The molecule has 150 valence electrons. The molecule has 2 N–H and O–H groups in total. The number of aromatic hydroxyl groups is 1. The highest BCUT2D eigenvalue weighted by molar-refractivity contribution is 7.11. The van der Waals surface area contributed by atoms with Crippen LogP contribution in [0.3, 0.4) is 0 Å². The molecule has 1 aliphatic heterocycles. The number of hydrogen-bond donors (Lipinski definition) is 2. The number of benzene rings is 1. The van der Waals surface area contributed by atoms with E-state index in [1.54, 1.807) is 43.8 Å². The second kappa shape index (κ2) is 9.34. The minimum atomic E-state index is -0.153. The Morgan fingerprint density at radius 1 is 1.18 bits per heavy atom. The van der Waals surface area contributed by atoms with Crippen molar-refractivity contribution in [3.63, 3.8) is 0 Å². The molecule has 0 amide bonds. The van der Waals surface area contributed by atoms with E-state index in [-0.39, 0.29) is 11.5 Å². The molecule has 0 spiro atoms. The minimum absolute atomic E-state index is 0.132. The van der Waals surface area contributed by atoms with Gasteiger partial charge in [-0.3, -0.25) is 4.79 Å². The number of Topliss-reactive ketones (excluding diaryl/α,β-unsaturated/α-hetero) is 1. The van der Waals surface area contributed by atoms with E-state index in [1.807, 2.05) is 18.4 Å². The zero-order chi connectivity index (χ0) is 20.1. The van der Waals surface area contributed by atoms with Crippen molar-refractivity contribution in [1.82, 2.24) is 0 Å². The van der Waals surface area contributed by atoms with Gasteiger partial charge in [-0.05, 0) is 36.1 Å². The van der Waals surface area contributed by atoms with Gasteiger partial charge in [0.05, 0.1) is 24.3 Å². The first kappa shape index (κ1) is 20.5. The SMILES string of the molecule is COCC[NH+](CCOC)Cc1c(O)ccc2c1O/C(=C/c1sccc1C)C2=O. The number of methoxy groups -OCH3 is 2. The summed E-state index contributed by atoms with van der Waals surface area (Å²) in [5.74, 6) is 0.729. The van der Waals surface area contributed by atoms with Gasteiger partial charge in [-0.1, -0.05) is 0 Å². The quantitative estimate of drug-likeness (QED) is 0.626. The summed E-state index contributed by atoms with van der Waals surface area (Å²) in [6.07, 6.45) is 1.78. The summed E-state index contributed by atoms with van der Waals surface area (Å²) in [7, 11) is 3.33. The molecule has 0 radical (unpaired) electrons. The third-order valence-electron chi connectivity index (χ3n) is 4.83. The van der Waals surface area contributed by atoms with Crippen LogP contribution < -0.4 is 9.64 Å². The van der Waals surface area contributed by atoms with Crippen LogP contribution in [0.1, 0.15) is 26.4 Å². The molecule has 6 nitrogen and oxygen atoms in total. The highest BCUT2D eigenvalue weighted by atomic mass is 32.1. The molecule has 3 rings (SSSR count). The summed E-state index contributed by atoms with van der Waals surface area (Å²) in [6, 6.07) is 5.20. The van der Waals surface area contributed by atoms with Crippen LogP contribution in [-0.4, -0.2) is 51.4 Å². The third kappa shape index (κ3) is 4.44. The first-order valence-electron chi connectivity index (χ1n) is 9.19. The Hall–Kier alpha value is -2.19. The average molecular weight is 405 g/mol. The van der Waals surface area contributed by atoms with Gasteiger partial charge in [0.1, 0.15) is 25.4 Å². The minimum Gasteiger partial charge on any atom is -0.507 e. The van der Waals surface area contributed by atoms with E-state index in [0.717, 1.165) is 23.5 Å². The van der Waals surface area contributed by atoms with E-state index in [0.29, 0.717) is 42.4 Å². The number of rotatable bonds is 9. The van der Waals surface area contributed by atoms with Crippen molar-refractivity contribution in [2.75, 3.05) is 40.5 Å². The lowest BCUT2D eigenvalue weighted by Gasteiger charge is -2.20. The Kier molecular flexibility index (Phi) is 6.85. The van der Waals surface area contributed by atoms with Crippen LogP contribution in [0.25, 0.3) is 6.08 Å². The van der Waals surface area contributed by atoms with Gasteiger partial charge in [0.25, 0.3) is 0 Å². The first-order valence-corrected chi connectivity index (χ1v) is 10.1. The fourth-order valence-corrected chi connectivity index (χ4v) is 4.01. The average Bonchev–Trinajstić information content (AvgIpc) is 3.23. The molecule has 7 heteroatoms. The summed E-state index contributed by atoms with van der Waals surface area (Å²) in [5, 5.41) is 12.4. The number of phenolic OH excluding ortho intramolecular Hbond substituents is 1. The molecular formula is C21H26NO5S+. The largest absolute Gasteiger partial charge is 0.507 e. The maximum Gasteiger partial charge on any atom is 0.232 e. The van der Waals surface area contributed by atoms with Crippen molar-refractivity contribution in [2.24, 2.45) is 0 Å². The highest BCUT2D eigenvalue weighted by Crippen LogP contribution is 2.39. The number of ketones is 1. The van der Waals surface area contributed by atoms with Crippen LogP contribution in [-0.2, 0) is 16.0 Å². The number of ether oxygens (including phenoxy) is 3. The van der Waals surface area contributed by atoms with E-state index >= 15 is 0 Å². The molecule has 1 aliphatic rings. The molecule has 1 aromatic heterocycles. The van der Waals surface area contributed by atoms with Crippen molar-refractivity contribution in [2.45, 2.75) is 13.5 Å². The van der Waals surface area contributed by atoms with E-state index < -0.39 is 0 Å². The summed E-state index contributed by atoms with van der Waals surface area (Å²) in [4.78, 5) is 15.0. The lowest BCUT2D eigenvalue weighted by molar-refractivity contribution is -0.914. The maximum absolute atomic E-state index is 12.8. The molecule has 1 aromatic carbocycles. The monoisotopic (exact) mass is 404 g/mol. The van der Waals surface area contributed by atoms with E-state index in [4.69, 9.17) is 14.2 Å². The Morgan fingerprint density at radius 3 is 2.50 bits per heavy atom. The zero-order valence-corrected chi connectivity index (χ0v) is 17.2. The van der Waals surface area contributed by atoms with Crippen LogP contribution in [0, 0.1) is 6.92 Å². The molecule has 0 saturated heterocycles. The normalized spacial score (nSPS) is 14.7.